The Hall–Kier alpha value is -2.36. The van der Waals surface area contributed by atoms with Gasteiger partial charge in [0.15, 0.2) is 5.13 Å². The SMILES string of the molecule is COc1ccc(OC)c(Nc2nc3c(s2)CC2C(C)(CO)C(O)CCC2(C)C3CC(=O)O)c1. The monoisotopic (exact) mass is 476 g/mol. The standard InChI is InChI=1S/C24H32N2O6S/c1-23-8-7-19(28)24(2,12-27)18(23)11-17-21(14(23)10-20(29)30)26-22(33-17)25-15-9-13(31-3)5-6-16(15)32-4/h5-6,9,14,18-19,27-28H,7-8,10-12H2,1-4H3,(H,25,26)(H,29,30). The molecular weight excluding hydrogens is 444 g/mol. The Bertz CT molecular complexity index is 1040. The van der Waals surface area contributed by atoms with Crippen molar-refractivity contribution in [2.24, 2.45) is 16.7 Å². The van der Waals surface area contributed by atoms with Gasteiger partial charge in [0.05, 0.1) is 44.7 Å². The maximum atomic E-state index is 11.9. The second-order valence-corrected chi connectivity index (χ2v) is 10.7. The number of anilines is 2. The van der Waals surface area contributed by atoms with Gasteiger partial charge in [0.2, 0.25) is 0 Å². The van der Waals surface area contributed by atoms with E-state index in [1.54, 1.807) is 14.2 Å². The molecule has 0 radical (unpaired) electrons. The maximum Gasteiger partial charge on any atom is 0.304 e. The van der Waals surface area contributed by atoms with Crippen molar-refractivity contribution in [2.75, 3.05) is 26.1 Å². The number of nitrogens with one attached hydrogen (secondary N) is 1. The molecule has 5 atom stereocenters. The van der Waals surface area contributed by atoms with E-state index in [9.17, 15) is 20.1 Å². The smallest absolute Gasteiger partial charge is 0.304 e. The molecule has 2 aromatic rings. The molecule has 1 heterocycles. The number of aliphatic carboxylic acids is 1. The lowest BCUT2D eigenvalue weighted by Gasteiger charge is -2.58. The van der Waals surface area contributed by atoms with E-state index in [0.717, 1.165) is 10.6 Å². The van der Waals surface area contributed by atoms with Gasteiger partial charge in [-0.25, -0.2) is 4.98 Å². The first kappa shape index (κ1) is 23.8. The van der Waals surface area contributed by atoms with Crippen LogP contribution in [0.3, 0.4) is 0 Å². The Labute approximate surface area is 197 Å². The number of carbonyl (C=O) groups is 1. The predicted molar refractivity (Wildman–Crippen MR) is 126 cm³/mol. The van der Waals surface area contributed by atoms with Gasteiger partial charge in [-0.1, -0.05) is 13.8 Å². The van der Waals surface area contributed by atoms with E-state index < -0.39 is 17.5 Å². The zero-order valence-corrected chi connectivity index (χ0v) is 20.2. The zero-order valence-electron chi connectivity index (χ0n) is 19.4. The third-order valence-electron chi connectivity index (χ3n) is 7.92. The number of nitrogens with zero attached hydrogens (tertiary/aromatic N) is 1. The van der Waals surface area contributed by atoms with Gasteiger partial charge in [0.25, 0.3) is 0 Å². The number of thiazole rings is 1. The van der Waals surface area contributed by atoms with Gasteiger partial charge < -0.3 is 30.1 Å². The fraction of sp³-hybridized carbons (Fsp3) is 0.583. The van der Waals surface area contributed by atoms with Gasteiger partial charge in [-0.3, -0.25) is 4.79 Å². The molecule has 33 heavy (non-hydrogen) atoms. The molecule has 0 saturated heterocycles. The second kappa shape index (κ2) is 8.77. The molecule has 2 aliphatic rings. The number of methoxy groups -OCH3 is 2. The molecule has 1 saturated carbocycles. The molecule has 0 bridgehead atoms. The van der Waals surface area contributed by atoms with Crippen LogP contribution >= 0.6 is 11.3 Å². The van der Waals surface area contributed by atoms with Crippen molar-refractivity contribution < 1.29 is 29.6 Å². The average Bonchev–Trinajstić information content (AvgIpc) is 3.19. The Morgan fingerprint density at radius 1 is 1.30 bits per heavy atom. The second-order valence-electron chi connectivity index (χ2n) is 9.65. The van der Waals surface area contributed by atoms with Crippen molar-refractivity contribution in [3.05, 3.63) is 28.8 Å². The first-order valence-corrected chi connectivity index (χ1v) is 12.0. The van der Waals surface area contributed by atoms with Crippen LogP contribution in [-0.2, 0) is 11.2 Å². The first-order valence-electron chi connectivity index (χ1n) is 11.2. The summed E-state index contributed by atoms with van der Waals surface area (Å²) in [7, 11) is 3.19. The number of carboxylic acids is 1. The van der Waals surface area contributed by atoms with E-state index in [2.05, 4.69) is 12.2 Å². The summed E-state index contributed by atoms with van der Waals surface area (Å²) in [5.74, 6) is 0.0790. The van der Waals surface area contributed by atoms with Crippen LogP contribution in [0.4, 0.5) is 10.8 Å². The Morgan fingerprint density at radius 2 is 2.06 bits per heavy atom. The molecule has 0 amide bonds. The third-order valence-corrected chi connectivity index (χ3v) is 8.93. The van der Waals surface area contributed by atoms with Gasteiger partial charge >= 0.3 is 5.97 Å². The van der Waals surface area contributed by atoms with Crippen LogP contribution in [-0.4, -0.2) is 53.2 Å². The van der Waals surface area contributed by atoms with Crippen molar-refractivity contribution >= 4 is 28.1 Å². The van der Waals surface area contributed by atoms with Crippen molar-refractivity contribution in [1.82, 2.24) is 4.98 Å². The number of aromatic nitrogens is 1. The lowest BCUT2D eigenvalue weighted by Crippen LogP contribution is -2.57. The summed E-state index contributed by atoms with van der Waals surface area (Å²) in [5.41, 5.74) is 0.426. The van der Waals surface area contributed by atoms with Crippen molar-refractivity contribution in [2.45, 2.75) is 51.6 Å². The maximum absolute atomic E-state index is 11.9. The van der Waals surface area contributed by atoms with Crippen LogP contribution in [0.1, 0.15) is 49.6 Å². The highest BCUT2D eigenvalue weighted by atomic mass is 32.1. The summed E-state index contributed by atoms with van der Waals surface area (Å²) in [5, 5.41) is 34.8. The summed E-state index contributed by atoms with van der Waals surface area (Å²) in [6.07, 6.45) is 1.20. The molecule has 1 aromatic heterocycles. The molecule has 2 aliphatic carbocycles. The highest BCUT2D eigenvalue weighted by Gasteiger charge is 2.59. The van der Waals surface area contributed by atoms with Crippen molar-refractivity contribution in [3.63, 3.8) is 0 Å². The number of benzene rings is 1. The quantitative estimate of drug-likeness (QED) is 0.476. The number of aliphatic hydroxyl groups is 2. The van der Waals surface area contributed by atoms with E-state index in [0.29, 0.717) is 41.6 Å². The number of aliphatic hydroxyl groups excluding tert-OH is 2. The molecular formula is C24H32N2O6S. The molecule has 0 aliphatic heterocycles. The minimum Gasteiger partial charge on any atom is -0.497 e. The lowest BCUT2D eigenvalue weighted by molar-refractivity contribution is -0.150. The zero-order chi connectivity index (χ0) is 24.0. The number of hydrogen-bond donors (Lipinski definition) is 4. The summed E-state index contributed by atoms with van der Waals surface area (Å²) < 4.78 is 10.8. The average molecular weight is 477 g/mol. The van der Waals surface area contributed by atoms with E-state index in [-0.39, 0.29) is 30.3 Å². The summed E-state index contributed by atoms with van der Waals surface area (Å²) in [6, 6.07) is 5.45. The summed E-state index contributed by atoms with van der Waals surface area (Å²) in [6.45, 7) is 3.88. The number of carboxylic acid groups (broad SMARTS) is 1. The molecule has 9 heteroatoms. The van der Waals surface area contributed by atoms with E-state index in [1.165, 1.54) is 11.3 Å². The molecule has 4 N–H and O–H groups in total. The minimum absolute atomic E-state index is 0.0384. The molecule has 1 fully saturated rings. The lowest BCUT2D eigenvalue weighted by atomic mass is 9.47. The summed E-state index contributed by atoms with van der Waals surface area (Å²) >= 11 is 1.49. The van der Waals surface area contributed by atoms with Crippen LogP contribution in [0.5, 0.6) is 11.5 Å². The van der Waals surface area contributed by atoms with Gasteiger partial charge in [-0.2, -0.15) is 0 Å². The normalized spacial score (nSPS) is 30.8. The molecule has 5 unspecified atom stereocenters. The molecule has 4 rings (SSSR count). The van der Waals surface area contributed by atoms with Gasteiger partial charge in [-0.05, 0) is 42.7 Å². The molecule has 0 spiro atoms. The molecule has 8 nitrogen and oxygen atoms in total. The van der Waals surface area contributed by atoms with Crippen LogP contribution in [0.25, 0.3) is 0 Å². The molecule has 180 valence electrons. The van der Waals surface area contributed by atoms with Crippen LogP contribution in [0.2, 0.25) is 0 Å². The number of rotatable bonds is 7. The van der Waals surface area contributed by atoms with Crippen LogP contribution < -0.4 is 14.8 Å². The van der Waals surface area contributed by atoms with Crippen molar-refractivity contribution in [3.8, 4) is 11.5 Å². The Kier molecular flexibility index (Phi) is 6.32. The number of hydrogen-bond acceptors (Lipinski definition) is 8. The number of fused-ring (bicyclic) bond motifs is 2. The van der Waals surface area contributed by atoms with E-state index in [1.807, 2.05) is 25.1 Å². The Balaban J connectivity index is 1.76. The number of ether oxygens (including phenoxy) is 2. The fourth-order valence-corrected chi connectivity index (χ4v) is 6.98. The summed E-state index contributed by atoms with van der Waals surface area (Å²) in [4.78, 5) is 17.7. The fourth-order valence-electron chi connectivity index (χ4n) is 5.90. The van der Waals surface area contributed by atoms with Crippen molar-refractivity contribution in [1.29, 1.82) is 0 Å². The highest BCUT2D eigenvalue weighted by Crippen LogP contribution is 2.62. The largest absolute Gasteiger partial charge is 0.497 e. The van der Waals surface area contributed by atoms with Gasteiger partial charge in [-0.15, -0.1) is 11.3 Å². The third kappa shape index (κ3) is 3.96. The van der Waals surface area contributed by atoms with Gasteiger partial charge in [0.1, 0.15) is 11.5 Å². The van der Waals surface area contributed by atoms with Crippen LogP contribution in [0, 0.1) is 16.7 Å². The topological polar surface area (TPSA) is 121 Å². The minimum atomic E-state index is -0.873. The Morgan fingerprint density at radius 3 is 2.70 bits per heavy atom. The highest BCUT2D eigenvalue weighted by molar-refractivity contribution is 7.15. The van der Waals surface area contributed by atoms with E-state index >= 15 is 0 Å². The predicted octanol–water partition coefficient (Wildman–Crippen LogP) is 3.79. The van der Waals surface area contributed by atoms with Gasteiger partial charge in [0, 0.05) is 22.3 Å². The van der Waals surface area contributed by atoms with E-state index in [4.69, 9.17) is 14.5 Å². The van der Waals surface area contributed by atoms with Crippen LogP contribution in [0.15, 0.2) is 18.2 Å². The molecule has 1 aromatic carbocycles. The first-order chi connectivity index (χ1) is 15.7.